The minimum atomic E-state index is -0.303. The molecule has 3 heteroatoms. The molecule has 0 fully saturated rings. The van der Waals surface area contributed by atoms with Crippen LogP contribution in [0.3, 0.4) is 0 Å². The van der Waals surface area contributed by atoms with Crippen molar-refractivity contribution in [2.24, 2.45) is 11.7 Å². The summed E-state index contributed by atoms with van der Waals surface area (Å²) in [5, 5.41) is 0. The van der Waals surface area contributed by atoms with E-state index < -0.39 is 0 Å². The van der Waals surface area contributed by atoms with Gasteiger partial charge >= 0.3 is 0 Å². The van der Waals surface area contributed by atoms with Crippen LogP contribution in [0.25, 0.3) is 0 Å². The summed E-state index contributed by atoms with van der Waals surface area (Å²) in [7, 11) is 1.50. The lowest BCUT2D eigenvalue weighted by atomic mass is 9.98. The highest BCUT2D eigenvalue weighted by atomic mass is 19.1. The average Bonchev–Trinajstić information content (AvgIpc) is 2.25. The number of hydrogen-bond donors (Lipinski definition) is 1. The second-order valence-electron chi connectivity index (χ2n) is 4.86. The van der Waals surface area contributed by atoms with Gasteiger partial charge in [-0.05, 0) is 36.8 Å². The van der Waals surface area contributed by atoms with Crippen molar-refractivity contribution < 1.29 is 9.13 Å². The third-order valence-corrected chi connectivity index (χ3v) is 2.81. The van der Waals surface area contributed by atoms with Crippen LogP contribution < -0.4 is 10.5 Å². The summed E-state index contributed by atoms with van der Waals surface area (Å²) in [6.07, 6.45) is 2.62. The molecule has 0 heterocycles. The molecule has 1 atom stereocenters. The molecule has 0 saturated heterocycles. The van der Waals surface area contributed by atoms with Crippen molar-refractivity contribution in [1.82, 2.24) is 0 Å². The Balaban J connectivity index is 2.60. The van der Waals surface area contributed by atoms with Crippen LogP contribution in [0.4, 0.5) is 4.39 Å². The van der Waals surface area contributed by atoms with Crippen LogP contribution in [-0.2, 0) is 6.42 Å². The molecule has 1 unspecified atom stereocenters. The van der Waals surface area contributed by atoms with Gasteiger partial charge in [0.15, 0.2) is 11.6 Å². The Morgan fingerprint density at radius 1 is 1.35 bits per heavy atom. The van der Waals surface area contributed by atoms with Crippen LogP contribution in [-0.4, -0.2) is 13.2 Å². The first-order valence-electron chi connectivity index (χ1n) is 6.11. The second-order valence-corrected chi connectivity index (χ2v) is 4.86. The van der Waals surface area contributed by atoms with E-state index in [1.165, 1.54) is 13.2 Å². The molecule has 0 aliphatic heterocycles. The largest absolute Gasteiger partial charge is 0.493 e. The molecule has 0 aliphatic carbocycles. The molecule has 1 aromatic carbocycles. The van der Waals surface area contributed by atoms with Crippen LogP contribution in [0.1, 0.15) is 32.3 Å². The first-order chi connectivity index (χ1) is 8.04. The zero-order valence-electron chi connectivity index (χ0n) is 10.9. The van der Waals surface area contributed by atoms with Gasteiger partial charge in [0.1, 0.15) is 0 Å². The number of methoxy groups -OCH3 is 1. The Morgan fingerprint density at radius 3 is 2.65 bits per heavy atom. The summed E-state index contributed by atoms with van der Waals surface area (Å²) in [4.78, 5) is 0. The van der Waals surface area contributed by atoms with Crippen LogP contribution in [0.15, 0.2) is 18.2 Å². The summed E-state index contributed by atoms with van der Waals surface area (Å²) in [5.41, 5.74) is 6.91. The van der Waals surface area contributed by atoms with Crippen molar-refractivity contribution in [3.8, 4) is 5.75 Å². The van der Waals surface area contributed by atoms with E-state index in [0.717, 1.165) is 24.8 Å². The monoisotopic (exact) mass is 239 g/mol. The summed E-state index contributed by atoms with van der Waals surface area (Å²) in [6.45, 7) is 4.31. The molecule has 2 N–H and O–H groups in total. The Labute approximate surface area is 103 Å². The van der Waals surface area contributed by atoms with Crippen LogP contribution >= 0.6 is 0 Å². The molecule has 1 rings (SSSR count). The van der Waals surface area contributed by atoms with E-state index in [9.17, 15) is 4.39 Å². The normalized spacial score (nSPS) is 12.8. The molecule has 0 radical (unpaired) electrons. The molecule has 0 spiro atoms. The highest BCUT2D eigenvalue weighted by molar-refractivity contribution is 5.35. The van der Waals surface area contributed by atoms with Crippen LogP contribution in [0, 0.1) is 11.7 Å². The quantitative estimate of drug-likeness (QED) is 0.827. The maximum atomic E-state index is 13.4. The van der Waals surface area contributed by atoms with E-state index >= 15 is 0 Å². The van der Waals surface area contributed by atoms with Crippen molar-refractivity contribution in [3.05, 3.63) is 29.6 Å². The zero-order chi connectivity index (χ0) is 12.8. The lowest BCUT2D eigenvalue weighted by Gasteiger charge is -2.15. The van der Waals surface area contributed by atoms with E-state index in [1.807, 2.05) is 6.07 Å². The topological polar surface area (TPSA) is 35.2 Å². The first-order valence-corrected chi connectivity index (χ1v) is 6.11. The Kier molecular flexibility index (Phi) is 5.42. The third-order valence-electron chi connectivity index (χ3n) is 2.81. The van der Waals surface area contributed by atoms with Crippen molar-refractivity contribution in [1.29, 1.82) is 0 Å². The summed E-state index contributed by atoms with van der Waals surface area (Å²) >= 11 is 0. The van der Waals surface area contributed by atoms with E-state index in [1.54, 1.807) is 6.07 Å². The molecule has 0 amide bonds. The van der Waals surface area contributed by atoms with Gasteiger partial charge in [0, 0.05) is 6.04 Å². The lowest BCUT2D eigenvalue weighted by molar-refractivity contribution is 0.379. The fraction of sp³-hybridized carbons (Fsp3) is 0.571. The van der Waals surface area contributed by atoms with Gasteiger partial charge in [0.05, 0.1) is 7.11 Å². The number of para-hydroxylation sites is 1. The molecule has 0 saturated carbocycles. The summed E-state index contributed by atoms with van der Waals surface area (Å²) in [5.74, 6) is 0.645. The summed E-state index contributed by atoms with van der Waals surface area (Å²) in [6, 6.07) is 5.18. The van der Waals surface area contributed by atoms with Gasteiger partial charge in [-0.3, -0.25) is 0 Å². The number of rotatable bonds is 6. The fourth-order valence-electron chi connectivity index (χ4n) is 2.04. The van der Waals surface area contributed by atoms with E-state index in [4.69, 9.17) is 10.5 Å². The van der Waals surface area contributed by atoms with E-state index in [-0.39, 0.29) is 11.9 Å². The molecule has 1 aromatic rings. The highest BCUT2D eigenvalue weighted by Gasteiger charge is 2.11. The highest BCUT2D eigenvalue weighted by Crippen LogP contribution is 2.24. The van der Waals surface area contributed by atoms with Gasteiger partial charge in [-0.25, -0.2) is 4.39 Å². The molecule has 0 aliphatic rings. The van der Waals surface area contributed by atoms with E-state index in [0.29, 0.717) is 11.7 Å². The number of ether oxygens (including phenoxy) is 1. The van der Waals surface area contributed by atoms with Gasteiger partial charge < -0.3 is 10.5 Å². The second kappa shape index (κ2) is 6.60. The van der Waals surface area contributed by atoms with Crippen LogP contribution in [0.2, 0.25) is 0 Å². The maximum absolute atomic E-state index is 13.4. The van der Waals surface area contributed by atoms with Gasteiger partial charge in [-0.2, -0.15) is 0 Å². The fourth-order valence-corrected chi connectivity index (χ4v) is 2.04. The van der Waals surface area contributed by atoms with Gasteiger partial charge in [-0.15, -0.1) is 0 Å². The third kappa shape index (κ3) is 4.35. The smallest absolute Gasteiger partial charge is 0.165 e. The lowest BCUT2D eigenvalue weighted by Crippen LogP contribution is -2.22. The number of halogens is 1. The molecule has 96 valence electrons. The van der Waals surface area contributed by atoms with Crippen molar-refractivity contribution in [2.75, 3.05) is 7.11 Å². The number of hydrogen-bond acceptors (Lipinski definition) is 2. The molecule has 2 nitrogen and oxygen atoms in total. The molecular weight excluding hydrogens is 217 g/mol. The van der Waals surface area contributed by atoms with Crippen molar-refractivity contribution in [3.63, 3.8) is 0 Å². The molecular formula is C14H22FNO. The zero-order valence-corrected chi connectivity index (χ0v) is 10.9. The van der Waals surface area contributed by atoms with Gasteiger partial charge in [-0.1, -0.05) is 26.0 Å². The SMILES string of the molecule is COc1c(F)cccc1CCC(N)CC(C)C. The minimum absolute atomic E-state index is 0.169. The maximum Gasteiger partial charge on any atom is 0.165 e. The predicted molar refractivity (Wildman–Crippen MR) is 68.7 cm³/mol. The van der Waals surface area contributed by atoms with Gasteiger partial charge in [0.2, 0.25) is 0 Å². The average molecular weight is 239 g/mol. The standard InChI is InChI=1S/C14H22FNO/c1-10(2)9-12(16)8-7-11-5-4-6-13(15)14(11)17-3/h4-6,10,12H,7-9,16H2,1-3H3. The minimum Gasteiger partial charge on any atom is -0.493 e. The summed E-state index contributed by atoms with van der Waals surface area (Å²) < 4.78 is 18.5. The van der Waals surface area contributed by atoms with Crippen LogP contribution in [0.5, 0.6) is 5.75 Å². The Hall–Kier alpha value is -1.09. The Morgan fingerprint density at radius 2 is 2.06 bits per heavy atom. The predicted octanol–water partition coefficient (Wildman–Crippen LogP) is 3.14. The van der Waals surface area contributed by atoms with Crippen molar-refractivity contribution in [2.45, 2.75) is 39.2 Å². The van der Waals surface area contributed by atoms with E-state index in [2.05, 4.69) is 13.8 Å². The number of aryl methyl sites for hydroxylation is 1. The first kappa shape index (κ1) is 14.0. The van der Waals surface area contributed by atoms with Gasteiger partial charge in [0.25, 0.3) is 0 Å². The Bertz CT molecular complexity index is 352. The molecule has 0 bridgehead atoms. The molecule has 0 aromatic heterocycles. The van der Waals surface area contributed by atoms with Crippen molar-refractivity contribution >= 4 is 0 Å². The number of nitrogens with two attached hydrogens (primary N) is 1. The number of benzene rings is 1. The molecule has 17 heavy (non-hydrogen) atoms.